The van der Waals surface area contributed by atoms with Crippen LogP contribution in [0, 0.1) is 18.2 Å². The lowest BCUT2D eigenvalue weighted by atomic mass is 9.74. The number of rotatable bonds is 4. The highest BCUT2D eigenvalue weighted by Crippen LogP contribution is 2.29. The standard InChI is InChI=1S/C16H25FN2O/c1-10-7-8-12(9-13(10)17)11(2)19-14(20)15(3,4)16(5,6)18/h7-9,11H,18H2,1-6H3,(H,19,20). The maximum atomic E-state index is 13.6. The number of hydrogen-bond donors (Lipinski definition) is 2. The summed E-state index contributed by atoms with van der Waals surface area (Å²) in [6.07, 6.45) is 0. The van der Waals surface area contributed by atoms with Crippen molar-refractivity contribution >= 4 is 5.91 Å². The average Bonchev–Trinajstić information content (AvgIpc) is 2.30. The van der Waals surface area contributed by atoms with Gasteiger partial charge >= 0.3 is 0 Å². The molecule has 0 spiro atoms. The largest absolute Gasteiger partial charge is 0.349 e. The summed E-state index contributed by atoms with van der Waals surface area (Å²) in [7, 11) is 0. The van der Waals surface area contributed by atoms with Crippen molar-refractivity contribution in [3.63, 3.8) is 0 Å². The summed E-state index contributed by atoms with van der Waals surface area (Å²) in [4.78, 5) is 12.4. The molecule has 3 nitrogen and oxygen atoms in total. The van der Waals surface area contributed by atoms with Gasteiger partial charge in [-0.1, -0.05) is 12.1 Å². The number of nitrogens with one attached hydrogen (secondary N) is 1. The van der Waals surface area contributed by atoms with Crippen LogP contribution in [-0.2, 0) is 4.79 Å². The van der Waals surface area contributed by atoms with E-state index < -0.39 is 11.0 Å². The Balaban J connectivity index is 2.88. The molecule has 1 amide bonds. The van der Waals surface area contributed by atoms with Crippen LogP contribution in [0.4, 0.5) is 4.39 Å². The van der Waals surface area contributed by atoms with Crippen LogP contribution in [0.3, 0.4) is 0 Å². The lowest BCUT2D eigenvalue weighted by Gasteiger charge is -2.37. The molecule has 1 aromatic rings. The van der Waals surface area contributed by atoms with Gasteiger partial charge in [-0.05, 0) is 58.7 Å². The van der Waals surface area contributed by atoms with Crippen LogP contribution in [-0.4, -0.2) is 11.4 Å². The Morgan fingerprint density at radius 2 is 1.85 bits per heavy atom. The second-order valence-electron chi connectivity index (χ2n) is 6.55. The van der Waals surface area contributed by atoms with Gasteiger partial charge in [0.05, 0.1) is 11.5 Å². The second-order valence-corrected chi connectivity index (χ2v) is 6.55. The molecule has 0 saturated carbocycles. The van der Waals surface area contributed by atoms with E-state index in [1.807, 2.05) is 40.7 Å². The van der Waals surface area contributed by atoms with Gasteiger partial charge in [0, 0.05) is 5.54 Å². The van der Waals surface area contributed by atoms with Crippen molar-refractivity contribution in [2.24, 2.45) is 11.1 Å². The van der Waals surface area contributed by atoms with Gasteiger partial charge in [0.15, 0.2) is 0 Å². The minimum Gasteiger partial charge on any atom is -0.349 e. The molecule has 20 heavy (non-hydrogen) atoms. The Kier molecular flexibility index (Phi) is 4.59. The minimum absolute atomic E-state index is 0.140. The zero-order valence-electron chi connectivity index (χ0n) is 13.2. The molecular formula is C16H25FN2O. The molecule has 0 aliphatic carbocycles. The van der Waals surface area contributed by atoms with Crippen molar-refractivity contribution in [1.29, 1.82) is 0 Å². The van der Waals surface area contributed by atoms with Gasteiger partial charge in [-0.15, -0.1) is 0 Å². The molecule has 1 atom stereocenters. The van der Waals surface area contributed by atoms with Gasteiger partial charge in [0.1, 0.15) is 5.82 Å². The number of carbonyl (C=O) groups is 1. The lowest BCUT2D eigenvalue weighted by Crippen LogP contribution is -2.55. The molecule has 112 valence electrons. The third kappa shape index (κ3) is 3.37. The smallest absolute Gasteiger partial charge is 0.227 e. The number of carbonyl (C=O) groups excluding carboxylic acids is 1. The first kappa shape index (κ1) is 16.6. The van der Waals surface area contributed by atoms with Crippen molar-refractivity contribution in [3.8, 4) is 0 Å². The topological polar surface area (TPSA) is 55.1 Å². The monoisotopic (exact) mass is 280 g/mol. The summed E-state index contributed by atoms with van der Waals surface area (Å²) in [5.41, 5.74) is 6.03. The van der Waals surface area contributed by atoms with Crippen molar-refractivity contribution in [2.75, 3.05) is 0 Å². The van der Waals surface area contributed by atoms with Gasteiger partial charge in [0.25, 0.3) is 0 Å². The molecular weight excluding hydrogens is 255 g/mol. The second kappa shape index (κ2) is 5.52. The Labute approximate surface area is 120 Å². The fourth-order valence-electron chi connectivity index (χ4n) is 1.63. The van der Waals surface area contributed by atoms with E-state index >= 15 is 0 Å². The summed E-state index contributed by atoms with van der Waals surface area (Å²) in [5, 5.41) is 2.90. The third-order valence-corrected chi connectivity index (χ3v) is 4.22. The number of halogens is 1. The van der Waals surface area contributed by atoms with Crippen LogP contribution in [0.5, 0.6) is 0 Å². The quantitative estimate of drug-likeness (QED) is 0.890. The first-order chi connectivity index (χ1) is 8.96. The maximum absolute atomic E-state index is 13.6. The molecule has 1 aromatic carbocycles. The SMILES string of the molecule is Cc1ccc(C(C)NC(=O)C(C)(C)C(C)(C)N)cc1F. The Morgan fingerprint density at radius 1 is 1.30 bits per heavy atom. The van der Waals surface area contributed by atoms with Gasteiger partial charge in [-0.2, -0.15) is 0 Å². The molecule has 0 heterocycles. The van der Waals surface area contributed by atoms with Crippen LogP contribution in [0.25, 0.3) is 0 Å². The van der Waals surface area contributed by atoms with Crippen LogP contribution in [0.2, 0.25) is 0 Å². The van der Waals surface area contributed by atoms with Gasteiger partial charge < -0.3 is 11.1 Å². The highest BCUT2D eigenvalue weighted by atomic mass is 19.1. The van der Waals surface area contributed by atoms with Crippen LogP contribution < -0.4 is 11.1 Å². The summed E-state index contributed by atoms with van der Waals surface area (Å²) >= 11 is 0. The number of benzene rings is 1. The van der Waals surface area contributed by atoms with E-state index in [9.17, 15) is 9.18 Å². The predicted octanol–water partition coefficient (Wildman–Crippen LogP) is 3.07. The van der Waals surface area contributed by atoms with E-state index in [-0.39, 0.29) is 17.8 Å². The number of hydrogen-bond acceptors (Lipinski definition) is 2. The fourth-order valence-corrected chi connectivity index (χ4v) is 1.63. The number of aryl methyl sites for hydroxylation is 1. The van der Waals surface area contributed by atoms with E-state index in [1.165, 1.54) is 6.07 Å². The van der Waals surface area contributed by atoms with E-state index in [4.69, 9.17) is 5.73 Å². The van der Waals surface area contributed by atoms with Gasteiger partial charge in [-0.3, -0.25) is 4.79 Å². The lowest BCUT2D eigenvalue weighted by molar-refractivity contribution is -0.132. The number of nitrogens with two attached hydrogens (primary N) is 1. The van der Waals surface area contributed by atoms with Crippen molar-refractivity contribution in [2.45, 2.75) is 53.1 Å². The van der Waals surface area contributed by atoms with Crippen molar-refractivity contribution in [3.05, 3.63) is 35.1 Å². The zero-order chi connectivity index (χ0) is 15.7. The predicted molar refractivity (Wildman–Crippen MR) is 79.7 cm³/mol. The molecule has 0 aliphatic heterocycles. The van der Waals surface area contributed by atoms with E-state index in [2.05, 4.69) is 5.32 Å². The molecule has 0 aliphatic rings. The molecule has 1 unspecified atom stereocenters. The van der Waals surface area contributed by atoms with Crippen molar-refractivity contribution < 1.29 is 9.18 Å². The summed E-state index contributed by atoms with van der Waals surface area (Å²) in [6.45, 7) is 10.8. The molecule has 1 rings (SSSR count). The van der Waals surface area contributed by atoms with E-state index in [0.717, 1.165) is 5.56 Å². The molecule has 3 N–H and O–H groups in total. The Bertz CT molecular complexity index is 504. The zero-order valence-corrected chi connectivity index (χ0v) is 13.2. The summed E-state index contributed by atoms with van der Waals surface area (Å²) < 4.78 is 13.6. The highest BCUT2D eigenvalue weighted by Gasteiger charge is 2.40. The Hall–Kier alpha value is -1.42. The first-order valence-electron chi connectivity index (χ1n) is 6.82. The van der Waals surface area contributed by atoms with E-state index in [0.29, 0.717) is 5.56 Å². The number of amides is 1. The van der Waals surface area contributed by atoms with Crippen LogP contribution >= 0.6 is 0 Å². The molecule has 0 bridgehead atoms. The molecule has 4 heteroatoms. The average molecular weight is 280 g/mol. The summed E-state index contributed by atoms with van der Waals surface area (Å²) in [6, 6.07) is 4.73. The summed E-state index contributed by atoms with van der Waals surface area (Å²) in [5.74, 6) is -0.402. The molecule has 0 aromatic heterocycles. The highest BCUT2D eigenvalue weighted by molar-refractivity contribution is 5.83. The molecule has 0 saturated heterocycles. The maximum Gasteiger partial charge on any atom is 0.227 e. The van der Waals surface area contributed by atoms with Crippen LogP contribution in [0.1, 0.15) is 51.8 Å². The normalized spacial score (nSPS) is 14.0. The molecule has 0 radical (unpaired) electrons. The minimum atomic E-state index is -0.718. The molecule has 0 fully saturated rings. The first-order valence-corrected chi connectivity index (χ1v) is 6.82. The fraction of sp³-hybridized carbons (Fsp3) is 0.562. The van der Waals surface area contributed by atoms with E-state index in [1.54, 1.807) is 13.0 Å². The van der Waals surface area contributed by atoms with Crippen LogP contribution in [0.15, 0.2) is 18.2 Å². The van der Waals surface area contributed by atoms with Gasteiger partial charge in [-0.25, -0.2) is 4.39 Å². The van der Waals surface area contributed by atoms with Crippen molar-refractivity contribution in [1.82, 2.24) is 5.32 Å². The Morgan fingerprint density at radius 3 is 2.30 bits per heavy atom. The van der Waals surface area contributed by atoms with Gasteiger partial charge in [0.2, 0.25) is 5.91 Å². The third-order valence-electron chi connectivity index (χ3n) is 4.22.